The van der Waals surface area contributed by atoms with Crippen molar-refractivity contribution >= 4 is 57.2 Å². The molecular weight excluding hydrogens is 416 g/mol. The molecule has 0 bridgehead atoms. The molecule has 2 amide bonds. The van der Waals surface area contributed by atoms with Gasteiger partial charge in [-0.25, -0.2) is 0 Å². The Kier molecular flexibility index (Phi) is 5.64. The summed E-state index contributed by atoms with van der Waals surface area (Å²) in [6, 6.07) is 13.6. The summed E-state index contributed by atoms with van der Waals surface area (Å²) < 4.78 is 5.31. The van der Waals surface area contributed by atoms with Crippen molar-refractivity contribution in [3.63, 3.8) is 0 Å². The van der Waals surface area contributed by atoms with Gasteiger partial charge in [0.25, 0.3) is 17.5 Å². The number of aryl methyl sites for hydroxylation is 2. The highest BCUT2D eigenvalue weighted by atomic mass is 16.6. The van der Waals surface area contributed by atoms with Crippen LogP contribution >= 0.6 is 0 Å². The second-order valence-corrected chi connectivity index (χ2v) is 7.62. The standard InChI is InChI=1S/C24H20N4O3.C2H6/c1-26-12-17(15-7-5-6-8-19(15)26)21-22(24(30)25-23(21)29)18-13-27(2)20-11-14(28(3)31-4)9-10-16(18)20;1-2/h5-13H,3H2,1-2,4H3;1-2H3/p+1. The van der Waals surface area contributed by atoms with E-state index < -0.39 is 0 Å². The van der Waals surface area contributed by atoms with Gasteiger partial charge in [-0.05, 0) is 12.1 Å². The summed E-state index contributed by atoms with van der Waals surface area (Å²) >= 11 is 0. The Bertz CT molecular complexity index is 1470. The fourth-order valence-electron chi connectivity index (χ4n) is 4.34. The first-order valence-corrected chi connectivity index (χ1v) is 10.8. The van der Waals surface area contributed by atoms with Gasteiger partial charge in [-0.15, -0.1) is 0 Å². The number of nitrogens with one attached hydrogen (secondary N) is 1. The molecule has 7 nitrogen and oxygen atoms in total. The van der Waals surface area contributed by atoms with Crippen LogP contribution < -0.4 is 5.32 Å². The van der Waals surface area contributed by atoms with Crippen LogP contribution in [0.25, 0.3) is 33.0 Å². The van der Waals surface area contributed by atoms with Crippen LogP contribution in [0.15, 0.2) is 54.9 Å². The quantitative estimate of drug-likeness (QED) is 0.223. The van der Waals surface area contributed by atoms with E-state index in [4.69, 9.17) is 4.84 Å². The fraction of sp³-hybridized carbons (Fsp3) is 0.192. The minimum absolute atomic E-state index is 0.381. The van der Waals surface area contributed by atoms with Gasteiger partial charge >= 0.3 is 0 Å². The average Bonchev–Trinajstić information content (AvgIpc) is 3.44. The molecule has 1 N–H and O–H groups in total. The zero-order valence-electron chi connectivity index (χ0n) is 19.5. The van der Waals surface area contributed by atoms with Crippen LogP contribution in [-0.4, -0.2) is 39.5 Å². The zero-order valence-corrected chi connectivity index (χ0v) is 19.5. The van der Waals surface area contributed by atoms with E-state index in [0.717, 1.165) is 33.1 Å². The molecule has 7 heteroatoms. The minimum atomic E-state index is -0.389. The van der Waals surface area contributed by atoms with Crippen LogP contribution in [0.1, 0.15) is 25.0 Å². The molecule has 0 radical (unpaired) electrons. The molecule has 168 valence electrons. The SMILES string of the molecule is C=[N+](OC)c1ccc2c(C3=C(c4cn(C)c5ccccc45)C(=O)NC3=O)cn(C)c2c1.CC. The second kappa shape index (κ2) is 8.43. The van der Waals surface area contributed by atoms with Gasteiger partial charge in [-0.3, -0.25) is 19.7 Å². The van der Waals surface area contributed by atoms with Gasteiger partial charge < -0.3 is 9.13 Å². The van der Waals surface area contributed by atoms with Gasteiger partial charge in [0.15, 0.2) is 6.72 Å². The van der Waals surface area contributed by atoms with Crippen LogP contribution in [0.4, 0.5) is 5.69 Å². The number of imide groups is 1. The Morgan fingerprint density at radius 3 is 2.00 bits per heavy atom. The molecule has 0 aliphatic carbocycles. The topological polar surface area (TPSA) is 68.3 Å². The third-order valence-electron chi connectivity index (χ3n) is 5.85. The fourth-order valence-corrected chi connectivity index (χ4v) is 4.34. The number of hydrogen-bond donors (Lipinski definition) is 1. The number of nitrogens with zero attached hydrogens (tertiary/aromatic N) is 3. The summed E-state index contributed by atoms with van der Waals surface area (Å²) in [7, 11) is 5.38. The van der Waals surface area contributed by atoms with Crippen molar-refractivity contribution in [2.24, 2.45) is 14.1 Å². The molecule has 3 heterocycles. The van der Waals surface area contributed by atoms with Gasteiger partial charge in [0, 0.05) is 70.8 Å². The van der Waals surface area contributed by atoms with Crippen molar-refractivity contribution in [3.05, 3.63) is 66.0 Å². The maximum atomic E-state index is 12.9. The maximum absolute atomic E-state index is 12.9. The number of carbonyl (C=O) groups excluding carboxylic acids is 2. The molecular formula is C26H27N4O3+. The summed E-state index contributed by atoms with van der Waals surface area (Å²) in [5.41, 5.74) is 4.91. The summed E-state index contributed by atoms with van der Waals surface area (Å²) in [6.45, 7) is 7.83. The number of amides is 2. The molecule has 1 aliphatic rings. The number of para-hydroxylation sites is 1. The number of aromatic nitrogens is 2. The van der Waals surface area contributed by atoms with E-state index in [1.807, 2.05) is 91.9 Å². The normalized spacial score (nSPS) is 13.4. The van der Waals surface area contributed by atoms with Crippen LogP contribution in [-0.2, 0) is 28.5 Å². The van der Waals surface area contributed by atoms with Gasteiger partial charge in [0.1, 0.15) is 7.11 Å². The maximum Gasteiger partial charge on any atom is 0.259 e. The molecule has 1 aliphatic heterocycles. The van der Waals surface area contributed by atoms with E-state index in [9.17, 15) is 9.59 Å². The predicted octanol–water partition coefficient (Wildman–Crippen LogP) is 4.17. The van der Waals surface area contributed by atoms with Crippen molar-refractivity contribution in [2.75, 3.05) is 7.11 Å². The van der Waals surface area contributed by atoms with Gasteiger partial charge in [0.2, 0.25) is 0 Å². The van der Waals surface area contributed by atoms with E-state index >= 15 is 0 Å². The van der Waals surface area contributed by atoms with E-state index in [-0.39, 0.29) is 11.8 Å². The Morgan fingerprint density at radius 2 is 1.39 bits per heavy atom. The number of benzene rings is 2. The first-order chi connectivity index (χ1) is 15.9. The first-order valence-electron chi connectivity index (χ1n) is 10.8. The Hall–Kier alpha value is -4.13. The van der Waals surface area contributed by atoms with Crippen molar-refractivity contribution in [1.82, 2.24) is 14.5 Å². The van der Waals surface area contributed by atoms with Gasteiger partial charge in [0.05, 0.1) is 16.7 Å². The van der Waals surface area contributed by atoms with Crippen molar-refractivity contribution < 1.29 is 19.2 Å². The lowest BCUT2D eigenvalue weighted by molar-refractivity contribution is -0.714. The summed E-state index contributed by atoms with van der Waals surface area (Å²) in [5.74, 6) is -0.770. The largest absolute Gasteiger partial charge is 0.350 e. The molecule has 0 fully saturated rings. The third-order valence-corrected chi connectivity index (χ3v) is 5.85. The van der Waals surface area contributed by atoms with Crippen LogP contribution in [0.3, 0.4) is 0 Å². The third kappa shape index (κ3) is 3.42. The Balaban J connectivity index is 0.00000126. The summed E-state index contributed by atoms with van der Waals surface area (Å²) in [5, 5.41) is 4.29. The summed E-state index contributed by atoms with van der Waals surface area (Å²) in [6.07, 6.45) is 3.79. The molecule has 2 aromatic heterocycles. The van der Waals surface area contributed by atoms with Crippen molar-refractivity contribution in [3.8, 4) is 0 Å². The molecule has 5 rings (SSSR count). The molecule has 0 unspecified atom stereocenters. The highest BCUT2D eigenvalue weighted by molar-refractivity contribution is 6.50. The Morgan fingerprint density at radius 1 is 0.848 bits per heavy atom. The van der Waals surface area contributed by atoms with E-state index in [1.54, 1.807) is 7.11 Å². The number of fused-ring (bicyclic) bond motifs is 2. The second-order valence-electron chi connectivity index (χ2n) is 7.62. The average molecular weight is 444 g/mol. The lowest BCUT2D eigenvalue weighted by Crippen LogP contribution is -2.22. The number of rotatable bonds is 4. The molecule has 0 saturated carbocycles. The first kappa shape index (κ1) is 22.1. The Labute approximate surface area is 192 Å². The lowest BCUT2D eigenvalue weighted by Gasteiger charge is -2.03. The molecule has 33 heavy (non-hydrogen) atoms. The molecule has 0 spiro atoms. The van der Waals surface area contributed by atoms with Crippen LogP contribution in [0.5, 0.6) is 0 Å². The van der Waals surface area contributed by atoms with Gasteiger partial charge in [-0.1, -0.05) is 32.0 Å². The lowest BCUT2D eigenvalue weighted by atomic mass is 9.95. The monoisotopic (exact) mass is 443 g/mol. The van der Waals surface area contributed by atoms with Crippen LogP contribution in [0.2, 0.25) is 0 Å². The zero-order chi connectivity index (χ0) is 23.9. The summed E-state index contributed by atoms with van der Waals surface area (Å²) in [4.78, 5) is 31.0. The highest BCUT2D eigenvalue weighted by Gasteiger charge is 2.35. The highest BCUT2D eigenvalue weighted by Crippen LogP contribution is 2.39. The predicted molar refractivity (Wildman–Crippen MR) is 131 cm³/mol. The minimum Gasteiger partial charge on any atom is -0.350 e. The molecule has 4 aromatic rings. The van der Waals surface area contributed by atoms with Crippen molar-refractivity contribution in [1.29, 1.82) is 0 Å². The van der Waals surface area contributed by atoms with Crippen molar-refractivity contribution in [2.45, 2.75) is 13.8 Å². The van der Waals surface area contributed by atoms with Gasteiger partial charge in [-0.2, -0.15) is 0 Å². The van der Waals surface area contributed by atoms with E-state index in [1.165, 1.54) is 4.74 Å². The van der Waals surface area contributed by atoms with E-state index in [2.05, 4.69) is 12.0 Å². The smallest absolute Gasteiger partial charge is 0.259 e. The molecule has 0 atom stereocenters. The van der Waals surface area contributed by atoms with E-state index in [0.29, 0.717) is 16.7 Å². The number of carbonyl (C=O) groups is 2. The molecule has 0 saturated heterocycles. The molecule has 2 aromatic carbocycles. The number of hydrogen-bond acceptors (Lipinski definition) is 3. The van der Waals surface area contributed by atoms with Crippen LogP contribution in [0, 0.1) is 0 Å².